The average Bonchev–Trinajstić information content (AvgIpc) is 2.38. The summed E-state index contributed by atoms with van der Waals surface area (Å²) in [6.07, 6.45) is 0.154. The fourth-order valence-electron chi connectivity index (χ4n) is 1.56. The standard InChI is InChI=1S/C13H15Cl2NO3/c1-3-16(7-6-12(17)19-2)13(18)10-5-4-9(14)8-11(10)15/h4-5,8H,3,6-7H2,1-2H3. The van der Waals surface area contributed by atoms with Gasteiger partial charge in [-0.25, -0.2) is 0 Å². The van der Waals surface area contributed by atoms with Crippen molar-refractivity contribution in [3.05, 3.63) is 33.8 Å². The van der Waals surface area contributed by atoms with Crippen molar-refractivity contribution in [2.24, 2.45) is 0 Å². The highest BCUT2D eigenvalue weighted by molar-refractivity contribution is 6.36. The zero-order valence-corrected chi connectivity index (χ0v) is 12.3. The van der Waals surface area contributed by atoms with Crippen molar-refractivity contribution >= 4 is 35.1 Å². The molecule has 4 nitrogen and oxygen atoms in total. The predicted molar refractivity (Wildman–Crippen MR) is 74.7 cm³/mol. The minimum Gasteiger partial charge on any atom is -0.469 e. The van der Waals surface area contributed by atoms with Crippen molar-refractivity contribution in [1.82, 2.24) is 4.90 Å². The van der Waals surface area contributed by atoms with Crippen molar-refractivity contribution in [2.75, 3.05) is 20.2 Å². The summed E-state index contributed by atoms with van der Waals surface area (Å²) < 4.78 is 4.55. The average molecular weight is 304 g/mol. The van der Waals surface area contributed by atoms with E-state index < -0.39 is 0 Å². The van der Waals surface area contributed by atoms with Crippen molar-refractivity contribution in [3.63, 3.8) is 0 Å². The molecule has 0 saturated carbocycles. The van der Waals surface area contributed by atoms with E-state index in [4.69, 9.17) is 23.2 Å². The quantitative estimate of drug-likeness (QED) is 0.786. The third-order valence-corrected chi connectivity index (χ3v) is 3.19. The second kappa shape index (κ2) is 7.36. The van der Waals surface area contributed by atoms with Gasteiger partial charge in [-0.2, -0.15) is 0 Å². The molecule has 0 atom stereocenters. The number of carbonyl (C=O) groups is 2. The maximum Gasteiger partial charge on any atom is 0.307 e. The van der Waals surface area contributed by atoms with E-state index in [1.54, 1.807) is 12.1 Å². The van der Waals surface area contributed by atoms with Gasteiger partial charge in [-0.05, 0) is 25.1 Å². The van der Waals surface area contributed by atoms with E-state index in [-0.39, 0.29) is 18.3 Å². The minimum atomic E-state index is -0.353. The molecule has 0 heterocycles. The molecule has 6 heteroatoms. The number of carbonyl (C=O) groups excluding carboxylic acids is 2. The summed E-state index contributed by atoms with van der Waals surface area (Å²) in [4.78, 5) is 24.9. The number of hydrogen-bond acceptors (Lipinski definition) is 3. The Morgan fingerprint density at radius 2 is 2.00 bits per heavy atom. The van der Waals surface area contributed by atoms with Gasteiger partial charge >= 0.3 is 5.97 Å². The Kier molecular flexibility index (Phi) is 6.12. The summed E-state index contributed by atoms with van der Waals surface area (Å²) >= 11 is 11.8. The molecule has 1 aromatic carbocycles. The molecular weight excluding hydrogens is 289 g/mol. The number of esters is 1. The van der Waals surface area contributed by atoms with Crippen molar-refractivity contribution in [3.8, 4) is 0 Å². The Labute approximate surface area is 122 Å². The van der Waals surface area contributed by atoms with Crippen LogP contribution in [0, 0.1) is 0 Å². The third kappa shape index (κ3) is 4.40. The number of methoxy groups -OCH3 is 1. The molecule has 0 aliphatic rings. The van der Waals surface area contributed by atoms with Crippen LogP contribution in [-0.4, -0.2) is 37.0 Å². The monoisotopic (exact) mass is 303 g/mol. The second-order valence-electron chi connectivity index (χ2n) is 3.84. The molecule has 0 saturated heterocycles. The van der Waals surface area contributed by atoms with Gasteiger partial charge in [0, 0.05) is 18.1 Å². The lowest BCUT2D eigenvalue weighted by Crippen LogP contribution is -2.33. The summed E-state index contributed by atoms with van der Waals surface area (Å²) in [6, 6.07) is 4.70. The van der Waals surface area contributed by atoms with Crippen LogP contribution in [0.2, 0.25) is 10.0 Å². The van der Waals surface area contributed by atoms with Gasteiger partial charge in [0.1, 0.15) is 0 Å². The molecule has 0 radical (unpaired) electrons. The number of amides is 1. The second-order valence-corrected chi connectivity index (χ2v) is 4.68. The van der Waals surface area contributed by atoms with Crippen LogP contribution in [0.4, 0.5) is 0 Å². The predicted octanol–water partition coefficient (Wildman–Crippen LogP) is 3.02. The van der Waals surface area contributed by atoms with E-state index in [1.165, 1.54) is 18.1 Å². The molecule has 0 bridgehead atoms. The maximum atomic E-state index is 12.3. The van der Waals surface area contributed by atoms with Crippen LogP contribution < -0.4 is 0 Å². The summed E-state index contributed by atoms with van der Waals surface area (Å²) in [7, 11) is 1.32. The lowest BCUT2D eigenvalue weighted by atomic mass is 10.2. The van der Waals surface area contributed by atoms with E-state index in [1.807, 2.05) is 6.92 Å². The first-order valence-corrected chi connectivity index (χ1v) is 6.56. The molecule has 0 fully saturated rings. The molecule has 0 N–H and O–H groups in total. The Morgan fingerprint density at radius 1 is 1.32 bits per heavy atom. The van der Waals surface area contributed by atoms with E-state index in [0.717, 1.165) is 0 Å². The van der Waals surface area contributed by atoms with Crippen LogP contribution in [-0.2, 0) is 9.53 Å². The van der Waals surface area contributed by atoms with Crippen LogP contribution in [0.25, 0.3) is 0 Å². The Hall–Kier alpha value is -1.26. The van der Waals surface area contributed by atoms with Crippen molar-refractivity contribution in [1.29, 1.82) is 0 Å². The van der Waals surface area contributed by atoms with Gasteiger partial charge in [0.15, 0.2) is 0 Å². The Bertz CT molecular complexity index is 477. The van der Waals surface area contributed by atoms with Gasteiger partial charge in [0.25, 0.3) is 5.91 Å². The first-order valence-electron chi connectivity index (χ1n) is 5.80. The van der Waals surface area contributed by atoms with E-state index in [0.29, 0.717) is 28.7 Å². The highest BCUT2D eigenvalue weighted by Crippen LogP contribution is 2.22. The number of benzene rings is 1. The molecule has 0 aliphatic heterocycles. The van der Waals surface area contributed by atoms with Crippen molar-refractivity contribution < 1.29 is 14.3 Å². The summed E-state index contributed by atoms with van der Waals surface area (Å²) in [5.41, 5.74) is 0.373. The molecule has 0 aromatic heterocycles. The largest absolute Gasteiger partial charge is 0.469 e. The van der Waals surface area contributed by atoms with Gasteiger partial charge in [0.2, 0.25) is 0 Å². The number of nitrogens with zero attached hydrogens (tertiary/aromatic N) is 1. The normalized spacial score (nSPS) is 10.1. The summed E-state index contributed by atoms with van der Waals surface area (Å²) in [5, 5.41) is 0.771. The lowest BCUT2D eigenvalue weighted by molar-refractivity contribution is -0.140. The van der Waals surface area contributed by atoms with Crippen LogP contribution in [0.5, 0.6) is 0 Å². The van der Waals surface area contributed by atoms with Gasteiger partial charge in [-0.15, -0.1) is 0 Å². The molecule has 0 spiro atoms. The SMILES string of the molecule is CCN(CCC(=O)OC)C(=O)c1ccc(Cl)cc1Cl. The van der Waals surface area contributed by atoms with Gasteiger partial charge < -0.3 is 9.64 Å². The van der Waals surface area contributed by atoms with E-state index >= 15 is 0 Å². The van der Waals surface area contributed by atoms with Gasteiger partial charge in [-0.1, -0.05) is 23.2 Å². The van der Waals surface area contributed by atoms with Crippen LogP contribution in [0.1, 0.15) is 23.7 Å². The number of rotatable bonds is 5. The van der Waals surface area contributed by atoms with E-state index in [9.17, 15) is 9.59 Å². The molecule has 104 valence electrons. The fraction of sp³-hybridized carbons (Fsp3) is 0.385. The molecular formula is C13H15Cl2NO3. The topological polar surface area (TPSA) is 46.6 Å². The number of halogens is 2. The molecule has 1 amide bonds. The first-order chi connectivity index (χ1) is 8.99. The molecule has 1 aromatic rings. The molecule has 0 unspecified atom stereocenters. The van der Waals surface area contributed by atoms with Crippen molar-refractivity contribution in [2.45, 2.75) is 13.3 Å². The van der Waals surface area contributed by atoms with Gasteiger partial charge in [0.05, 0.1) is 24.1 Å². The van der Waals surface area contributed by atoms with Gasteiger partial charge in [-0.3, -0.25) is 9.59 Å². The Morgan fingerprint density at radius 3 is 2.53 bits per heavy atom. The molecule has 0 aliphatic carbocycles. The van der Waals surface area contributed by atoms with Crippen LogP contribution in [0.15, 0.2) is 18.2 Å². The summed E-state index contributed by atoms with van der Waals surface area (Å²) in [6.45, 7) is 2.61. The number of ether oxygens (including phenoxy) is 1. The van der Waals surface area contributed by atoms with Crippen LogP contribution >= 0.6 is 23.2 Å². The van der Waals surface area contributed by atoms with Crippen LogP contribution in [0.3, 0.4) is 0 Å². The summed E-state index contributed by atoms with van der Waals surface area (Å²) in [5.74, 6) is -0.582. The Balaban J connectivity index is 2.80. The fourth-order valence-corrected chi connectivity index (χ4v) is 2.05. The van der Waals surface area contributed by atoms with E-state index in [2.05, 4.69) is 4.74 Å². The minimum absolute atomic E-state index is 0.154. The smallest absolute Gasteiger partial charge is 0.307 e. The molecule has 1 rings (SSSR count). The lowest BCUT2D eigenvalue weighted by Gasteiger charge is -2.20. The first kappa shape index (κ1) is 15.8. The zero-order valence-electron chi connectivity index (χ0n) is 10.8. The zero-order chi connectivity index (χ0) is 14.4. The highest BCUT2D eigenvalue weighted by atomic mass is 35.5. The number of hydrogen-bond donors (Lipinski definition) is 0. The molecule has 19 heavy (non-hydrogen) atoms. The maximum absolute atomic E-state index is 12.3. The highest BCUT2D eigenvalue weighted by Gasteiger charge is 2.18. The third-order valence-electron chi connectivity index (χ3n) is 2.64.